The van der Waals surface area contributed by atoms with E-state index in [0.29, 0.717) is 23.3 Å². The number of pyridine rings is 1. The van der Waals surface area contributed by atoms with E-state index in [0.717, 1.165) is 19.4 Å². The zero-order valence-electron chi connectivity index (χ0n) is 11.8. The van der Waals surface area contributed by atoms with Gasteiger partial charge >= 0.3 is 0 Å². The van der Waals surface area contributed by atoms with E-state index in [4.69, 9.17) is 0 Å². The van der Waals surface area contributed by atoms with Gasteiger partial charge in [0.25, 0.3) is 5.91 Å². The summed E-state index contributed by atoms with van der Waals surface area (Å²) >= 11 is 0. The van der Waals surface area contributed by atoms with E-state index in [1.807, 2.05) is 13.0 Å². The van der Waals surface area contributed by atoms with Crippen molar-refractivity contribution in [2.24, 2.45) is 5.92 Å². The summed E-state index contributed by atoms with van der Waals surface area (Å²) in [4.78, 5) is 16.5. The average Bonchev–Trinajstić information content (AvgIpc) is 2.39. The van der Waals surface area contributed by atoms with Crippen LogP contribution in [0.1, 0.15) is 49.9 Å². The Morgan fingerprint density at radius 2 is 2.32 bits per heavy atom. The van der Waals surface area contributed by atoms with Crippen LogP contribution in [-0.4, -0.2) is 23.5 Å². The molecule has 1 fully saturated rings. The van der Waals surface area contributed by atoms with Crippen LogP contribution >= 0.6 is 0 Å². The molecule has 0 spiro atoms. The Labute approximate surface area is 115 Å². The number of amides is 1. The van der Waals surface area contributed by atoms with Gasteiger partial charge in [0.1, 0.15) is 5.82 Å². The average molecular weight is 261 g/mol. The van der Waals surface area contributed by atoms with Gasteiger partial charge in [0.2, 0.25) is 0 Å². The molecule has 2 rings (SSSR count). The van der Waals surface area contributed by atoms with Gasteiger partial charge < -0.3 is 10.6 Å². The molecular formula is C15H23N3O. The smallest absolute Gasteiger partial charge is 0.255 e. The highest BCUT2D eigenvalue weighted by Crippen LogP contribution is 2.24. The standard InChI is InChI=1S/C15H23N3O/c1-3-16-14-13(8-5-9-17-14)15(19)18-12-7-4-6-11(2)10-12/h5,8-9,11-12H,3-4,6-7,10H2,1-2H3,(H,16,17)(H,18,19). The van der Waals surface area contributed by atoms with Gasteiger partial charge in [-0.15, -0.1) is 0 Å². The van der Waals surface area contributed by atoms with E-state index >= 15 is 0 Å². The minimum absolute atomic E-state index is 0.0110. The Kier molecular flexibility index (Phi) is 4.77. The first-order chi connectivity index (χ1) is 9.20. The molecule has 2 atom stereocenters. The van der Waals surface area contributed by atoms with Crippen LogP contribution in [0.15, 0.2) is 18.3 Å². The van der Waals surface area contributed by atoms with Crippen LogP contribution in [0.5, 0.6) is 0 Å². The van der Waals surface area contributed by atoms with Crippen molar-refractivity contribution in [2.45, 2.75) is 45.6 Å². The second kappa shape index (κ2) is 6.55. The lowest BCUT2D eigenvalue weighted by molar-refractivity contribution is 0.0922. The lowest BCUT2D eigenvalue weighted by atomic mass is 9.87. The van der Waals surface area contributed by atoms with Crippen molar-refractivity contribution in [3.63, 3.8) is 0 Å². The molecule has 104 valence electrons. The van der Waals surface area contributed by atoms with Crippen molar-refractivity contribution in [3.8, 4) is 0 Å². The van der Waals surface area contributed by atoms with Crippen LogP contribution in [0, 0.1) is 5.92 Å². The number of anilines is 1. The van der Waals surface area contributed by atoms with E-state index in [1.54, 1.807) is 12.3 Å². The Balaban J connectivity index is 2.03. The maximum Gasteiger partial charge on any atom is 0.255 e. The number of hydrogen-bond acceptors (Lipinski definition) is 3. The van der Waals surface area contributed by atoms with Gasteiger partial charge in [0, 0.05) is 18.8 Å². The molecule has 0 aromatic carbocycles. The third-order valence-electron chi connectivity index (χ3n) is 3.67. The summed E-state index contributed by atoms with van der Waals surface area (Å²) in [6.45, 7) is 5.02. The molecule has 1 saturated carbocycles. The molecule has 4 nitrogen and oxygen atoms in total. The summed E-state index contributed by atoms with van der Waals surface area (Å²) in [6.07, 6.45) is 6.37. The fraction of sp³-hybridized carbons (Fsp3) is 0.600. The highest BCUT2D eigenvalue weighted by molar-refractivity contribution is 5.98. The molecular weight excluding hydrogens is 238 g/mol. The predicted octanol–water partition coefficient (Wildman–Crippen LogP) is 2.82. The molecule has 1 heterocycles. The van der Waals surface area contributed by atoms with E-state index in [9.17, 15) is 4.79 Å². The monoisotopic (exact) mass is 261 g/mol. The van der Waals surface area contributed by atoms with Crippen molar-refractivity contribution < 1.29 is 4.79 Å². The summed E-state index contributed by atoms with van der Waals surface area (Å²) < 4.78 is 0. The van der Waals surface area contributed by atoms with E-state index in [1.165, 1.54) is 12.8 Å². The molecule has 1 aliphatic rings. The number of aromatic nitrogens is 1. The predicted molar refractivity (Wildman–Crippen MR) is 77.3 cm³/mol. The molecule has 2 N–H and O–H groups in total. The van der Waals surface area contributed by atoms with Gasteiger partial charge in [-0.05, 0) is 37.8 Å². The van der Waals surface area contributed by atoms with Crippen LogP contribution in [0.2, 0.25) is 0 Å². The number of carbonyl (C=O) groups is 1. The Morgan fingerprint density at radius 1 is 1.47 bits per heavy atom. The quantitative estimate of drug-likeness (QED) is 0.876. The Bertz CT molecular complexity index is 433. The fourth-order valence-electron chi connectivity index (χ4n) is 2.73. The summed E-state index contributed by atoms with van der Waals surface area (Å²) in [5.74, 6) is 1.37. The first kappa shape index (κ1) is 13.8. The fourth-order valence-corrected chi connectivity index (χ4v) is 2.73. The molecule has 0 bridgehead atoms. The molecule has 0 radical (unpaired) electrons. The highest BCUT2D eigenvalue weighted by Gasteiger charge is 2.22. The summed E-state index contributed by atoms with van der Waals surface area (Å²) in [7, 11) is 0. The number of hydrogen-bond donors (Lipinski definition) is 2. The first-order valence-electron chi connectivity index (χ1n) is 7.20. The molecule has 2 unspecified atom stereocenters. The summed E-state index contributed by atoms with van der Waals surface area (Å²) in [5, 5.41) is 6.28. The molecule has 1 aromatic rings. The lowest BCUT2D eigenvalue weighted by Crippen LogP contribution is -2.38. The van der Waals surface area contributed by atoms with Gasteiger partial charge in [-0.3, -0.25) is 4.79 Å². The highest BCUT2D eigenvalue weighted by atomic mass is 16.1. The molecule has 0 saturated heterocycles. The van der Waals surface area contributed by atoms with E-state index < -0.39 is 0 Å². The summed E-state index contributed by atoms with van der Waals surface area (Å²) in [5.41, 5.74) is 0.641. The largest absolute Gasteiger partial charge is 0.370 e. The van der Waals surface area contributed by atoms with Crippen molar-refractivity contribution in [2.75, 3.05) is 11.9 Å². The van der Waals surface area contributed by atoms with Gasteiger partial charge in [-0.2, -0.15) is 0 Å². The minimum atomic E-state index is -0.0110. The molecule has 0 aliphatic heterocycles. The van der Waals surface area contributed by atoms with Crippen LogP contribution in [-0.2, 0) is 0 Å². The topological polar surface area (TPSA) is 54.0 Å². The van der Waals surface area contributed by atoms with Crippen LogP contribution < -0.4 is 10.6 Å². The number of nitrogens with one attached hydrogen (secondary N) is 2. The number of carbonyl (C=O) groups excluding carboxylic acids is 1. The van der Waals surface area contributed by atoms with E-state index in [2.05, 4.69) is 22.5 Å². The van der Waals surface area contributed by atoms with Crippen molar-refractivity contribution in [1.82, 2.24) is 10.3 Å². The SMILES string of the molecule is CCNc1ncccc1C(=O)NC1CCCC(C)C1. The third-order valence-corrected chi connectivity index (χ3v) is 3.67. The molecule has 1 aromatic heterocycles. The van der Waals surface area contributed by atoms with Crippen LogP contribution in [0.25, 0.3) is 0 Å². The second-order valence-corrected chi connectivity index (χ2v) is 5.37. The molecule has 4 heteroatoms. The lowest BCUT2D eigenvalue weighted by Gasteiger charge is -2.27. The second-order valence-electron chi connectivity index (χ2n) is 5.37. The summed E-state index contributed by atoms with van der Waals surface area (Å²) in [6, 6.07) is 3.94. The van der Waals surface area contributed by atoms with Gasteiger partial charge in [0.15, 0.2) is 0 Å². The van der Waals surface area contributed by atoms with Crippen molar-refractivity contribution >= 4 is 11.7 Å². The minimum Gasteiger partial charge on any atom is -0.370 e. The number of nitrogens with zero attached hydrogens (tertiary/aromatic N) is 1. The Hall–Kier alpha value is -1.58. The van der Waals surface area contributed by atoms with Gasteiger partial charge in [-0.25, -0.2) is 4.98 Å². The molecule has 19 heavy (non-hydrogen) atoms. The zero-order valence-corrected chi connectivity index (χ0v) is 11.8. The maximum atomic E-state index is 12.3. The van der Waals surface area contributed by atoms with Gasteiger partial charge in [-0.1, -0.05) is 19.8 Å². The Morgan fingerprint density at radius 3 is 3.05 bits per heavy atom. The zero-order chi connectivity index (χ0) is 13.7. The van der Waals surface area contributed by atoms with Gasteiger partial charge in [0.05, 0.1) is 5.56 Å². The third kappa shape index (κ3) is 3.69. The van der Waals surface area contributed by atoms with Crippen LogP contribution in [0.4, 0.5) is 5.82 Å². The van der Waals surface area contributed by atoms with Crippen molar-refractivity contribution in [3.05, 3.63) is 23.9 Å². The van der Waals surface area contributed by atoms with E-state index in [-0.39, 0.29) is 5.91 Å². The van der Waals surface area contributed by atoms with Crippen molar-refractivity contribution in [1.29, 1.82) is 0 Å². The maximum absolute atomic E-state index is 12.3. The molecule has 1 amide bonds. The molecule has 1 aliphatic carbocycles. The first-order valence-corrected chi connectivity index (χ1v) is 7.20. The normalized spacial score (nSPS) is 22.8. The number of rotatable bonds is 4. The van der Waals surface area contributed by atoms with Crippen LogP contribution in [0.3, 0.4) is 0 Å².